The van der Waals surface area contributed by atoms with E-state index in [1.54, 1.807) is 6.07 Å². The Morgan fingerprint density at radius 1 is 1.40 bits per heavy atom. The maximum absolute atomic E-state index is 12.3. The third-order valence-electron chi connectivity index (χ3n) is 3.42. The van der Waals surface area contributed by atoms with Gasteiger partial charge in [0.2, 0.25) is 0 Å². The van der Waals surface area contributed by atoms with Crippen molar-refractivity contribution in [2.24, 2.45) is 5.92 Å². The molecule has 1 heterocycles. The quantitative estimate of drug-likeness (QED) is 0.839. The summed E-state index contributed by atoms with van der Waals surface area (Å²) in [6, 6.07) is 1.60. The molecular formula is C12H16BrNO4S2. The third-order valence-corrected chi connectivity index (χ3v) is 7.68. The zero-order valence-electron chi connectivity index (χ0n) is 10.9. The Kier molecular flexibility index (Phi) is 4.88. The lowest BCUT2D eigenvalue weighted by Crippen LogP contribution is -2.38. The van der Waals surface area contributed by atoms with E-state index < -0.39 is 16.0 Å². The van der Waals surface area contributed by atoms with Gasteiger partial charge in [0.05, 0.1) is 5.92 Å². The van der Waals surface area contributed by atoms with E-state index in [-0.39, 0.29) is 16.2 Å². The average Bonchev–Trinajstić information content (AvgIpc) is 2.69. The van der Waals surface area contributed by atoms with Crippen LogP contribution < -0.4 is 4.72 Å². The molecule has 0 atom stereocenters. The lowest BCUT2D eigenvalue weighted by molar-refractivity contribution is -0.142. The molecule has 2 rings (SSSR count). The van der Waals surface area contributed by atoms with E-state index in [0.717, 1.165) is 4.88 Å². The van der Waals surface area contributed by atoms with Crippen molar-refractivity contribution in [3.05, 3.63) is 15.4 Å². The molecule has 8 heteroatoms. The molecule has 1 aliphatic rings. The highest BCUT2D eigenvalue weighted by Gasteiger charge is 2.30. The summed E-state index contributed by atoms with van der Waals surface area (Å²) < 4.78 is 28.2. The largest absolute Gasteiger partial charge is 0.481 e. The molecule has 1 aliphatic carbocycles. The lowest BCUT2D eigenvalue weighted by atomic mass is 9.87. The zero-order chi connectivity index (χ0) is 14.9. The molecule has 0 aromatic carbocycles. The number of aryl methyl sites for hydroxylation is 1. The van der Waals surface area contributed by atoms with Crippen molar-refractivity contribution in [3.63, 3.8) is 0 Å². The Bertz CT molecular complexity index is 603. The van der Waals surface area contributed by atoms with E-state index in [0.29, 0.717) is 30.2 Å². The van der Waals surface area contributed by atoms with Crippen molar-refractivity contribution < 1.29 is 18.3 Å². The lowest BCUT2D eigenvalue weighted by Gasteiger charge is -2.26. The second-order valence-corrected chi connectivity index (χ2v) is 9.02. The number of carbonyl (C=O) groups is 1. The smallest absolute Gasteiger partial charge is 0.306 e. The van der Waals surface area contributed by atoms with Crippen molar-refractivity contribution in [2.75, 3.05) is 0 Å². The summed E-state index contributed by atoms with van der Waals surface area (Å²) in [5.74, 6) is -1.13. The average molecular weight is 382 g/mol. The van der Waals surface area contributed by atoms with Gasteiger partial charge in [-0.25, -0.2) is 13.1 Å². The van der Waals surface area contributed by atoms with Gasteiger partial charge in [0.15, 0.2) is 0 Å². The molecule has 1 aromatic heterocycles. The first-order valence-electron chi connectivity index (χ1n) is 6.30. The molecule has 1 fully saturated rings. The van der Waals surface area contributed by atoms with Crippen molar-refractivity contribution in [2.45, 2.75) is 42.9 Å². The SMILES string of the molecule is Cc1cc(Br)c(S(=O)(=O)NC2CCC(C(=O)O)CC2)s1. The topological polar surface area (TPSA) is 83.5 Å². The highest BCUT2D eigenvalue weighted by atomic mass is 79.9. The van der Waals surface area contributed by atoms with Gasteiger partial charge >= 0.3 is 5.97 Å². The maximum Gasteiger partial charge on any atom is 0.306 e. The minimum Gasteiger partial charge on any atom is -0.481 e. The number of halogens is 1. The Hall–Kier alpha value is -0.440. The number of carboxylic acid groups (broad SMARTS) is 1. The van der Waals surface area contributed by atoms with Gasteiger partial charge in [-0.1, -0.05) is 0 Å². The number of hydrogen-bond acceptors (Lipinski definition) is 4. The Morgan fingerprint density at radius 2 is 2.00 bits per heavy atom. The predicted molar refractivity (Wildman–Crippen MR) is 80.5 cm³/mol. The van der Waals surface area contributed by atoms with E-state index >= 15 is 0 Å². The minimum absolute atomic E-state index is 0.176. The van der Waals surface area contributed by atoms with E-state index in [9.17, 15) is 13.2 Å². The molecule has 5 nitrogen and oxygen atoms in total. The molecule has 0 bridgehead atoms. The highest BCUT2D eigenvalue weighted by molar-refractivity contribution is 9.10. The fraction of sp³-hybridized carbons (Fsp3) is 0.583. The molecular weight excluding hydrogens is 366 g/mol. The van der Waals surface area contributed by atoms with Gasteiger partial charge in [-0.3, -0.25) is 4.79 Å². The number of thiophene rings is 1. The minimum atomic E-state index is -3.53. The number of carboxylic acids is 1. The van der Waals surface area contributed by atoms with E-state index in [1.807, 2.05) is 6.92 Å². The summed E-state index contributed by atoms with van der Waals surface area (Å²) in [5.41, 5.74) is 0. The molecule has 0 aliphatic heterocycles. The molecule has 1 aromatic rings. The number of hydrogen-bond donors (Lipinski definition) is 2. The van der Waals surface area contributed by atoms with E-state index in [1.165, 1.54) is 11.3 Å². The van der Waals surface area contributed by atoms with Crippen LogP contribution in [0, 0.1) is 12.8 Å². The fourth-order valence-corrected chi connectivity index (χ4v) is 6.45. The molecule has 0 saturated heterocycles. The molecule has 112 valence electrons. The van der Waals surface area contributed by atoms with Gasteiger partial charge in [-0.05, 0) is 54.6 Å². The van der Waals surface area contributed by atoms with Crippen LogP contribution in [0.1, 0.15) is 30.6 Å². The van der Waals surface area contributed by atoms with Gasteiger partial charge in [0.25, 0.3) is 10.0 Å². The first-order chi connectivity index (χ1) is 9.29. The summed E-state index contributed by atoms with van der Waals surface area (Å²) in [6.45, 7) is 1.85. The second-order valence-electron chi connectivity index (χ2n) is 5.00. The van der Waals surface area contributed by atoms with Gasteiger partial charge in [-0.2, -0.15) is 0 Å². The predicted octanol–water partition coefficient (Wildman–Crippen LogP) is 2.74. The fourth-order valence-electron chi connectivity index (χ4n) is 2.38. The normalized spacial score (nSPS) is 23.7. The molecule has 2 N–H and O–H groups in total. The molecule has 0 spiro atoms. The monoisotopic (exact) mass is 381 g/mol. The number of sulfonamides is 1. The summed E-state index contributed by atoms with van der Waals surface area (Å²) in [5, 5.41) is 8.93. The van der Waals surface area contributed by atoms with Crippen LogP contribution in [-0.2, 0) is 14.8 Å². The van der Waals surface area contributed by atoms with Crippen LogP contribution in [-0.4, -0.2) is 25.5 Å². The van der Waals surface area contributed by atoms with Crippen molar-refractivity contribution in [1.82, 2.24) is 4.72 Å². The molecule has 0 unspecified atom stereocenters. The summed E-state index contributed by atoms with van der Waals surface area (Å²) in [4.78, 5) is 11.8. The number of rotatable bonds is 4. The second kappa shape index (κ2) is 6.13. The maximum atomic E-state index is 12.3. The van der Waals surface area contributed by atoms with Gasteiger partial charge < -0.3 is 5.11 Å². The van der Waals surface area contributed by atoms with Gasteiger partial charge in [0, 0.05) is 15.4 Å². The van der Waals surface area contributed by atoms with Crippen molar-refractivity contribution in [1.29, 1.82) is 0 Å². The Labute approximate surface area is 130 Å². The van der Waals surface area contributed by atoms with Crippen LogP contribution in [0.5, 0.6) is 0 Å². The molecule has 1 saturated carbocycles. The molecule has 20 heavy (non-hydrogen) atoms. The van der Waals surface area contributed by atoms with Crippen molar-refractivity contribution in [3.8, 4) is 0 Å². The van der Waals surface area contributed by atoms with E-state index in [2.05, 4.69) is 20.7 Å². The standard InChI is InChI=1S/C12H16BrNO4S2/c1-7-6-10(13)12(19-7)20(17,18)14-9-4-2-8(3-5-9)11(15)16/h6,8-9,14H,2-5H2,1H3,(H,15,16). The van der Waals surface area contributed by atoms with Gasteiger partial charge in [0.1, 0.15) is 4.21 Å². The van der Waals surface area contributed by atoms with Crippen LogP contribution in [0.2, 0.25) is 0 Å². The van der Waals surface area contributed by atoms with Crippen molar-refractivity contribution >= 4 is 43.3 Å². The van der Waals surface area contributed by atoms with E-state index in [4.69, 9.17) is 5.11 Å². The summed E-state index contributed by atoms with van der Waals surface area (Å²) in [6.07, 6.45) is 2.18. The summed E-state index contributed by atoms with van der Waals surface area (Å²) >= 11 is 4.48. The highest BCUT2D eigenvalue weighted by Crippen LogP contribution is 2.32. The molecule has 0 amide bonds. The third kappa shape index (κ3) is 3.60. The Morgan fingerprint density at radius 3 is 2.45 bits per heavy atom. The zero-order valence-corrected chi connectivity index (χ0v) is 14.1. The van der Waals surface area contributed by atoms with Crippen LogP contribution in [0.3, 0.4) is 0 Å². The van der Waals surface area contributed by atoms with Crippen LogP contribution in [0.4, 0.5) is 0 Å². The first kappa shape index (κ1) is 15.9. The number of nitrogens with one attached hydrogen (secondary N) is 1. The van der Waals surface area contributed by atoms with Crippen LogP contribution >= 0.6 is 27.3 Å². The van der Waals surface area contributed by atoms with Gasteiger partial charge in [-0.15, -0.1) is 11.3 Å². The van der Waals surface area contributed by atoms with Crippen LogP contribution in [0.15, 0.2) is 14.7 Å². The summed E-state index contributed by atoms with van der Waals surface area (Å²) in [7, 11) is -3.53. The molecule has 0 radical (unpaired) electrons. The van der Waals surface area contributed by atoms with Crippen LogP contribution in [0.25, 0.3) is 0 Å². The first-order valence-corrected chi connectivity index (χ1v) is 9.40. The number of aliphatic carboxylic acids is 1. The Balaban J connectivity index is 2.03.